The van der Waals surface area contributed by atoms with Crippen LogP contribution in [0.4, 0.5) is 0 Å². The van der Waals surface area contributed by atoms with Crippen molar-refractivity contribution in [1.82, 2.24) is 5.43 Å². The quantitative estimate of drug-likeness (QED) is 0.696. The summed E-state index contributed by atoms with van der Waals surface area (Å²) in [7, 11) is 0. The normalized spacial score (nSPS) is 13.6. The van der Waals surface area contributed by atoms with Gasteiger partial charge >= 0.3 is 0 Å². The summed E-state index contributed by atoms with van der Waals surface area (Å²) < 4.78 is 15.6. The van der Waals surface area contributed by atoms with Crippen molar-refractivity contribution in [3.8, 4) is 11.5 Å². The van der Waals surface area contributed by atoms with Gasteiger partial charge in [-0.1, -0.05) is 0 Å². The molecule has 0 spiro atoms. The van der Waals surface area contributed by atoms with Crippen molar-refractivity contribution in [2.75, 3.05) is 6.79 Å². The molecule has 0 unspecified atom stereocenters. The number of hydrogen-bond donors (Lipinski definition) is 1. The molecule has 0 atom stereocenters. The highest BCUT2D eigenvalue weighted by Gasteiger charge is 2.15. The third-order valence-corrected chi connectivity index (χ3v) is 3.00. The molecule has 1 aliphatic rings. The first-order valence-corrected chi connectivity index (χ1v) is 6.68. The van der Waals surface area contributed by atoms with E-state index in [-0.39, 0.29) is 12.7 Å². The maximum atomic E-state index is 12.0. The van der Waals surface area contributed by atoms with Crippen molar-refractivity contribution < 1.29 is 18.7 Å². The van der Waals surface area contributed by atoms with Gasteiger partial charge in [0.15, 0.2) is 11.5 Å². The Labute approximate surface area is 127 Å². The molecule has 22 heavy (non-hydrogen) atoms. The Morgan fingerprint density at radius 3 is 2.95 bits per heavy atom. The summed E-state index contributed by atoms with van der Waals surface area (Å²) in [4.78, 5) is 12.0. The Hall–Kier alpha value is -3.02. The summed E-state index contributed by atoms with van der Waals surface area (Å²) in [6, 6.07) is 8.61. The zero-order chi connectivity index (χ0) is 15.4. The SMILES string of the molecule is CC(/C=C/c1ccco1)=N/NC(=O)c1ccc2c(c1)OCO2. The molecule has 6 heteroatoms. The summed E-state index contributed by atoms with van der Waals surface area (Å²) in [5.74, 6) is 1.60. The third-order valence-electron chi connectivity index (χ3n) is 3.00. The molecular formula is C16H14N2O4. The van der Waals surface area contributed by atoms with Crippen LogP contribution in [0.15, 0.2) is 52.2 Å². The predicted molar refractivity (Wildman–Crippen MR) is 80.9 cm³/mol. The number of hydrogen-bond acceptors (Lipinski definition) is 5. The second-order valence-electron chi connectivity index (χ2n) is 4.61. The predicted octanol–water partition coefficient (Wildman–Crippen LogP) is 2.83. The van der Waals surface area contributed by atoms with Crippen LogP contribution in [0.3, 0.4) is 0 Å². The van der Waals surface area contributed by atoms with E-state index < -0.39 is 0 Å². The molecule has 0 aliphatic carbocycles. The second-order valence-corrected chi connectivity index (χ2v) is 4.61. The summed E-state index contributed by atoms with van der Waals surface area (Å²) >= 11 is 0. The number of furan rings is 1. The maximum Gasteiger partial charge on any atom is 0.271 e. The molecule has 1 N–H and O–H groups in total. The van der Waals surface area contributed by atoms with Crippen molar-refractivity contribution in [1.29, 1.82) is 0 Å². The minimum absolute atomic E-state index is 0.176. The molecule has 0 saturated heterocycles. The van der Waals surface area contributed by atoms with Crippen molar-refractivity contribution in [2.45, 2.75) is 6.92 Å². The van der Waals surface area contributed by atoms with Crippen molar-refractivity contribution in [3.63, 3.8) is 0 Å². The summed E-state index contributed by atoms with van der Waals surface area (Å²) in [5.41, 5.74) is 3.59. The lowest BCUT2D eigenvalue weighted by Crippen LogP contribution is -2.18. The van der Waals surface area contributed by atoms with Crippen LogP contribution in [0.1, 0.15) is 23.0 Å². The average molecular weight is 298 g/mol. The number of fused-ring (bicyclic) bond motifs is 1. The standard InChI is InChI=1S/C16H14N2O4/c1-11(4-6-13-3-2-8-20-13)17-18-16(19)12-5-7-14-15(9-12)22-10-21-14/h2-9H,10H2,1H3,(H,18,19)/b6-4+,17-11-. The van der Waals surface area contributed by atoms with Gasteiger partial charge in [-0.25, -0.2) is 5.43 Å². The Morgan fingerprint density at radius 2 is 2.14 bits per heavy atom. The van der Waals surface area contributed by atoms with Crippen LogP contribution in [0.2, 0.25) is 0 Å². The molecule has 0 bridgehead atoms. The van der Waals surface area contributed by atoms with Crippen LogP contribution in [-0.4, -0.2) is 18.4 Å². The van der Waals surface area contributed by atoms with Gasteiger partial charge in [-0.15, -0.1) is 0 Å². The van der Waals surface area contributed by atoms with E-state index >= 15 is 0 Å². The summed E-state index contributed by atoms with van der Waals surface area (Å²) in [6.07, 6.45) is 5.11. The molecule has 1 amide bonds. The van der Waals surface area contributed by atoms with E-state index in [1.165, 1.54) is 0 Å². The molecule has 1 aromatic carbocycles. The number of nitrogens with one attached hydrogen (secondary N) is 1. The van der Waals surface area contributed by atoms with Crippen LogP contribution in [0.5, 0.6) is 11.5 Å². The molecule has 1 aliphatic heterocycles. The fraction of sp³-hybridized carbons (Fsp3) is 0.125. The maximum absolute atomic E-state index is 12.0. The summed E-state index contributed by atoms with van der Waals surface area (Å²) in [6.45, 7) is 1.95. The zero-order valence-corrected chi connectivity index (χ0v) is 11.9. The molecule has 3 rings (SSSR count). The monoisotopic (exact) mass is 298 g/mol. The van der Waals surface area contributed by atoms with Crippen molar-refractivity contribution >= 4 is 17.7 Å². The lowest BCUT2D eigenvalue weighted by Gasteiger charge is -2.02. The molecule has 1 aromatic heterocycles. The van der Waals surface area contributed by atoms with Crippen LogP contribution in [0.25, 0.3) is 6.08 Å². The fourth-order valence-electron chi connectivity index (χ4n) is 1.87. The highest BCUT2D eigenvalue weighted by atomic mass is 16.7. The van der Waals surface area contributed by atoms with E-state index in [1.807, 2.05) is 6.07 Å². The lowest BCUT2D eigenvalue weighted by atomic mass is 10.2. The van der Waals surface area contributed by atoms with Gasteiger partial charge < -0.3 is 13.9 Å². The minimum atomic E-state index is -0.316. The van der Waals surface area contributed by atoms with Crippen molar-refractivity contribution in [3.05, 3.63) is 54.0 Å². The lowest BCUT2D eigenvalue weighted by molar-refractivity contribution is 0.0954. The second kappa shape index (κ2) is 6.17. The molecule has 2 heterocycles. The number of ether oxygens (including phenoxy) is 2. The number of allylic oxidation sites excluding steroid dienone is 1. The van der Waals surface area contributed by atoms with Gasteiger partial charge in [-0.05, 0) is 49.4 Å². The van der Waals surface area contributed by atoms with Gasteiger partial charge in [0, 0.05) is 5.56 Å². The Kier molecular flexibility index (Phi) is 3.91. The van der Waals surface area contributed by atoms with E-state index in [1.54, 1.807) is 49.6 Å². The van der Waals surface area contributed by atoms with E-state index in [2.05, 4.69) is 10.5 Å². The molecule has 112 valence electrons. The summed E-state index contributed by atoms with van der Waals surface area (Å²) in [5, 5.41) is 4.01. The third kappa shape index (κ3) is 3.17. The van der Waals surface area contributed by atoms with Crippen LogP contribution in [0, 0.1) is 0 Å². The molecule has 2 aromatic rings. The molecule has 0 saturated carbocycles. The number of hydrazone groups is 1. The largest absolute Gasteiger partial charge is 0.465 e. The molecular weight excluding hydrogens is 284 g/mol. The molecule has 0 radical (unpaired) electrons. The van der Waals surface area contributed by atoms with Crippen LogP contribution >= 0.6 is 0 Å². The number of rotatable bonds is 4. The van der Waals surface area contributed by atoms with Gasteiger partial charge in [-0.3, -0.25) is 4.79 Å². The molecule has 6 nitrogen and oxygen atoms in total. The number of amides is 1. The highest BCUT2D eigenvalue weighted by Crippen LogP contribution is 2.32. The Morgan fingerprint density at radius 1 is 1.27 bits per heavy atom. The smallest absolute Gasteiger partial charge is 0.271 e. The van der Waals surface area contributed by atoms with Crippen molar-refractivity contribution in [2.24, 2.45) is 5.10 Å². The van der Waals surface area contributed by atoms with Crippen LogP contribution in [-0.2, 0) is 0 Å². The van der Waals surface area contributed by atoms with Gasteiger partial charge in [0.25, 0.3) is 5.91 Å². The van der Waals surface area contributed by atoms with Gasteiger partial charge in [0.2, 0.25) is 6.79 Å². The molecule has 0 fully saturated rings. The van der Waals surface area contributed by atoms with E-state index in [0.29, 0.717) is 22.8 Å². The fourth-order valence-corrected chi connectivity index (χ4v) is 1.87. The first kappa shape index (κ1) is 13.9. The minimum Gasteiger partial charge on any atom is -0.465 e. The Balaban J connectivity index is 1.63. The Bertz CT molecular complexity index is 733. The first-order chi connectivity index (χ1) is 10.7. The van der Waals surface area contributed by atoms with Crippen LogP contribution < -0.4 is 14.9 Å². The number of nitrogens with zero attached hydrogens (tertiary/aromatic N) is 1. The highest BCUT2D eigenvalue weighted by molar-refractivity contribution is 5.99. The first-order valence-electron chi connectivity index (χ1n) is 6.68. The topological polar surface area (TPSA) is 73.1 Å². The van der Waals surface area contributed by atoms with Gasteiger partial charge in [0.1, 0.15) is 5.76 Å². The average Bonchev–Trinajstić information content (AvgIpc) is 3.20. The number of carbonyl (C=O) groups is 1. The zero-order valence-electron chi connectivity index (χ0n) is 11.9. The number of benzene rings is 1. The number of carbonyl (C=O) groups excluding carboxylic acids is 1. The van der Waals surface area contributed by atoms with E-state index in [4.69, 9.17) is 13.9 Å². The van der Waals surface area contributed by atoms with Gasteiger partial charge in [-0.2, -0.15) is 5.10 Å². The van der Waals surface area contributed by atoms with E-state index in [0.717, 1.165) is 5.76 Å². The van der Waals surface area contributed by atoms with E-state index in [9.17, 15) is 4.79 Å². The van der Waals surface area contributed by atoms with Gasteiger partial charge in [0.05, 0.1) is 12.0 Å².